The molecule has 2 rings (SSSR count). The van der Waals surface area contributed by atoms with Gasteiger partial charge in [-0.2, -0.15) is 0 Å². The zero-order chi connectivity index (χ0) is 15.2. The highest BCUT2D eigenvalue weighted by molar-refractivity contribution is 5.57. The van der Waals surface area contributed by atoms with Crippen molar-refractivity contribution >= 4 is 11.6 Å². The highest BCUT2D eigenvalue weighted by Gasteiger charge is 2.13. The number of rotatable bonds is 7. The number of hydrogen-bond donors (Lipinski definition) is 2. The summed E-state index contributed by atoms with van der Waals surface area (Å²) in [6.45, 7) is 9.59. The van der Waals surface area contributed by atoms with Crippen molar-refractivity contribution in [1.29, 1.82) is 0 Å². The summed E-state index contributed by atoms with van der Waals surface area (Å²) in [7, 11) is 0. The number of nitrogens with one attached hydrogen (secondary N) is 2. The van der Waals surface area contributed by atoms with Crippen LogP contribution in [0.2, 0.25) is 0 Å². The molecule has 0 fully saturated rings. The van der Waals surface area contributed by atoms with Gasteiger partial charge in [0.15, 0.2) is 0 Å². The molecule has 21 heavy (non-hydrogen) atoms. The monoisotopic (exact) mass is 289 g/mol. The number of aromatic nitrogens is 3. The van der Waals surface area contributed by atoms with Crippen molar-refractivity contribution in [3.8, 4) is 0 Å². The molecule has 2 aromatic rings. The molecule has 0 spiro atoms. The Labute approximate surface area is 125 Å². The van der Waals surface area contributed by atoms with Crippen molar-refractivity contribution in [3.05, 3.63) is 28.9 Å². The Morgan fingerprint density at radius 1 is 1.05 bits per heavy atom. The molecule has 0 aromatic carbocycles. The smallest absolute Gasteiger partial charge is 0.138 e. The summed E-state index contributed by atoms with van der Waals surface area (Å²) in [5.41, 5.74) is 3.13. The fourth-order valence-electron chi connectivity index (χ4n) is 2.30. The fourth-order valence-corrected chi connectivity index (χ4v) is 2.30. The average Bonchev–Trinajstić information content (AvgIpc) is 2.79. The van der Waals surface area contributed by atoms with Crippen molar-refractivity contribution in [2.45, 2.75) is 47.1 Å². The van der Waals surface area contributed by atoms with E-state index in [1.54, 1.807) is 6.33 Å². The predicted molar refractivity (Wildman–Crippen MR) is 83.5 cm³/mol. The Hall–Kier alpha value is -2.11. The van der Waals surface area contributed by atoms with E-state index in [0.717, 1.165) is 53.6 Å². The van der Waals surface area contributed by atoms with Gasteiger partial charge in [-0.3, -0.25) is 0 Å². The molecule has 0 aliphatic rings. The second-order valence-electron chi connectivity index (χ2n) is 4.99. The van der Waals surface area contributed by atoms with Crippen LogP contribution in [-0.2, 0) is 13.0 Å². The van der Waals surface area contributed by atoms with Crippen LogP contribution in [0.4, 0.5) is 11.6 Å². The maximum Gasteiger partial charge on any atom is 0.138 e. The molecule has 0 saturated carbocycles. The Kier molecular flexibility index (Phi) is 5.14. The highest BCUT2D eigenvalue weighted by Crippen LogP contribution is 2.23. The second-order valence-corrected chi connectivity index (χ2v) is 4.99. The molecule has 0 bridgehead atoms. The van der Waals surface area contributed by atoms with E-state index >= 15 is 0 Å². The third-order valence-electron chi connectivity index (χ3n) is 3.40. The van der Waals surface area contributed by atoms with Crippen LogP contribution >= 0.6 is 0 Å². The summed E-state index contributed by atoms with van der Waals surface area (Å²) in [5.74, 6) is 2.64. The first-order chi connectivity index (χ1) is 10.2. The SMILES string of the molecule is CCCc1c(NCC)ncnc1NCc1c(C)noc1C. The van der Waals surface area contributed by atoms with Crippen molar-refractivity contribution in [1.82, 2.24) is 15.1 Å². The predicted octanol–water partition coefficient (Wildman–Crippen LogP) is 3.08. The van der Waals surface area contributed by atoms with Gasteiger partial charge in [-0.15, -0.1) is 0 Å². The molecule has 0 aliphatic carbocycles. The molecule has 0 aliphatic heterocycles. The van der Waals surface area contributed by atoms with Gasteiger partial charge in [0.05, 0.1) is 5.69 Å². The molecule has 6 heteroatoms. The molecule has 0 saturated heterocycles. The van der Waals surface area contributed by atoms with E-state index in [1.165, 1.54) is 0 Å². The molecular formula is C15H23N5O. The van der Waals surface area contributed by atoms with E-state index in [9.17, 15) is 0 Å². The third-order valence-corrected chi connectivity index (χ3v) is 3.40. The second kappa shape index (κ2) is 7.06. The number of hydrogen-bond acceptors (Lipinski definition) is 6. The van der Waals surface area contributed by atoms with Gasteiger partial charge in [0.1, 0.15) is 23.7 Å². The van der Waals surface area contributed by atoms with Crippen molar-refractivity contribution < 1.29 is 4.52 Å². The Morgan fingerprint density at radius 2 is 1.76 bits per heavy atom. The lowest BCUT2D eigenvalue weighted by Gasteiger charge is -2.14. The molecule has 0 atom stereocenters. The van der Waals surface area contributed by atoms with E-state index in [4.69, 9.17) is 4.52 Å². The molecule has 0 radical (unpaired) electrons. The maximum atomic E-state index is 5.19. The van der Waals surface area contributed by atoms with Gasteiger partial charge in [0.2, 0.25) is 0 Å². The summed E-state index contributed by atoms with van der Waals surface area (Å²) in [6, 6.07) is 0. The standard InChI is InChI=1S/C15H23N5O/c1-5-7-12-14(16-6-2)18-9-19-15(12)17-8-13-10(3)20-21-11(13)4/h9H,5-8H2,1-4H3,(H2,16,17,18,19). The molecule has 2 N–H and O–H groups in total. The van der Waals surface area contributed by atoms with Crippen molar-refractivity contribution in [2.24, 2.45) is 0 Å². The molecule has 114 valence electrons. The number of anilines is 2. The van der Waals surface area contributed by atoms with E-state index in [1.807, 2.05) is 13.8 Å². The Morgan fingerprint density at radius 3 is 2.33 bits per heavy atom. The summed E-state index contributed by atoms with van der Waals surface area (Å²) in [5, 5.41) is 10.7. The van der Waals surface area contributed by atoms with Gasteiger partial charge in [0.25, 0.3) is 0 Å². The molecule has 0 amide bonds. The highest BCUT2D eigenvalue weighted by atomic mass is 16.5. The van der Waals surface area contributed by atoms with Crippen LogP contribution in [-0.4, -0.2) is 21.7 Å². The van der Waals surface area contributed by atoms with Gasteiger partial charge in [-0.1, -0.05) is 18.5 Å². The van der Waals surface area contributed by atoms with Crippen LogP contribution in [0.25, 0.3) is 0 Å². The van der Waals surface area contributed by atoms with Crippen LogP contribution in [0.5, 0.6) is 0 Å². The van der Waals surface area contributed by atoms with Crippen LogP contribution in [0.1, 0.15) is 42.8 Å². The normalized spacial score (nSPS) is 10.7. The first-order valence-electron chi connectivity index (χ1n) is 7.40. The molecule has 6 nitrogen and oxygen atoms in total. The minimum Gasteiger partial charge on any atom is -0.370 e. The third kappa shape index (κ3) is 3.51. The first-order valence-corrected chi connectivity index (χ1v) is 7.40. The van der Waals surface area contributed by atoms with Crippen molar-refractivity contribution in [2.75, 3.05) is 17.2 Å². The molecule has 2 aromatic heterocycles. The zero-order valence-electron chi connectivity index (χ0n) is 13.2. The molecule has 2 heterocycles. The van der Waals surface area contributed by atoms with Gasteiger partial charge < -0.3 is 15.2 Å². The fraction of sp³-hybridized carbons (Fsp3) is 0.533. The molecule has 0 unspecified atom stereocenters. The summed E-state index contributed by atoms with van der Waals surface area (Å²) in [6.07, 6.45) is 3.58. The van der Waals surface area contributed by atoms with E-state index in [0.29, 0.717) is 6.54 Å². The van der Waals surface area contributed by atoms with Crippen LogP contribution in [0, 0.1) is 13.8 Å². The lowest BCUT2D eigenvalue weighted by molar-refractivity contribution is 0.392. The average molecular weight is 289 g/mol. The van der Waals surface area contributed by atoms with Gasteiger partial charge in [0, 0.05) is 24.2 Å². The largest absolute Gasteiger partial charge is 0.370 e. The van der Waals surface area contributed by atoms with Gasteiger partial charge in [-0.25, -0.2) is 9.97 Å². The lowest BCUT2D eigenvalue weighted by Crippen LogP contribution is -2.10. The Bertz CT molecular complexity index is 574. The van der Waals surface area contributed by atoms with Crippen LogP contribution in [0.15, 0.2) is 10.9 Å². The summed E-state index contributed by atoms with van der Waals surface area (Å²) >= 11 is 0. The number of nitrogens with zero attached hydrogens (tertiary/aromatic N) is 3. The van der Waals surface area contributed by atoms with Gasteiger partial charge >= 0.3 is 0 Å². The zero-order valence-corrected chi connectivity index (χ0v) is 13.2. The lowest BCUT2D eigenvalue weighted by atomic mass is 10.1. The molecular weight excluding hydrogens is 266 g/mol. The topological polar surface area (TPSA) is 75.9 Å². The Balaban J connectivity index is 2.21. The van der Waals surface area contributed by atoms with Crippen LogP contribution < -0.4 is 10.6 Å². The number of aryl methyl sites for hydroxylation is 2. The minimum absolute atomic E-state index is 0.653. The van der Waals surface area contributed by atoms with E-state index in [2.05, 4.69) is 39.6 Å². The van der Waals surface area contributed by atoms with Crippen LogP contribution in [0.3, 0.4) is 0 Å². The first kappa shape index (κ1) is 15.3. The van der Waals surface area contributed by atoms with Gasteiger partial charge in [-0.05, 0) is 27.2 Å². The quantitative estimate of drug-likeness (QED) is 0.815. The maximum absolute atomic E-state index is 5.19. The van der Waals surface area contributed by atoms with E-state index < -0.39 is 0 Å². The summed E-state index contributed by atoms with van der Waals surface area (Å²) < 4.78 is 5.19. The van der Waals surface area contributed by atoms with E-state index in [-0.39, 0.29) is 0 Å². The summed E-state index contributed by atoms with van der Waals surface area (Å²) in [4.78, 5) is 8.72. The minimum atomic E-state index is 0.653. The van der Waals surface area contributed by atoms with Crippen molar-refractivity contribution in [3.63, 3.8) is 0 Å².